The van der Waals surface area contributed by atoms with Crippen molar-refractivity contribution in [2.24, 2.45) is 5.73 Å². The van der Waals surface area contributed by atoms with Crippen molar-refractivity contribution in [3.8, 4) is 35.1 Å². The van der Waals surface area contributed by atoms with E-state index in [0.717, 1.165) is 53.5 Å². The number of nitrogen functional groups attached to an aromatic ring is 1. The van der Waals surface area contributed by atoms with Crippen LogP contribution in [-0.4, -0.2) is 25.8 Å². The Morgan fingerprint density at radius 3 is 2.53 bits per heavy atom. The first-order valence-electron chi connectivity index (χ1n) is 10.7. The third kappa shape index (κ3) is 3.77. The summed E-state index contributed by atoms with van der Waals surface area (Å²) < 4.78 is 7.96. The van der Waals surface area contributed by atoms with Crippen LogP contribution in [0.4, 0.5) is 5.82 Å². The zero-order valence-electron chi connectivity index (χ0n) is 17.6. The number of anilines is 1. The SMILES string of the molecule is C#Cc1cccc(Oc2ccc(-c3nn(C4CCC(N)CC4)c4ncnc(N)c34)cc2)c1. The van der Waals surface area contributed by atoms with Crippen LogP contribution in [-0.2, 0) is 0 Å². The molecule has 0 unspecified atom stereocenters. The Morgan fingerprint density at radius 2 is 1.78 bits per heavy atom. The van der Waals surface area contributed by atoms with Crippen molar-refractivity contribution in [2.75, 3.05) is 5.73 Å². The fraction of sp³-hybridized carbons (Fsp3) is 0.240. The fourth-order valence-corrected chi connectivity index (χ4v) is 4.26. The number of fused-ring (bicyclic) bond motifs is 1. The van der Waals surface area contributed by atoms with Gasteiger partial charge in [-0.25, -0.2) is 14.6 Å². The van der Waals surface area contributed by atoms with Crippen LogP contribution in [0.15, 0.2) is 54.9 Å². The van der Waals surface area contributed by atoms with Gasteiger partial charge in [-0.1, -0.05) is 12.0 Å². The van der Waals surface area contributed by atoms with E-state index < -0.39 is 0 Å². The molecule has 2 aromatic carbocycles. The average Bonchev–Trinajstić information content (AvgIpc) is 3.21. The minimum atomic E-state index is 0.256. The van der Waals surface area contributed by atoms with Crippen molar-refractivity contribution in [2.45, 2.75) is 37.8 Å². The van der Waals surface area contributed by atoms with Gasteiger partial charge in [-0.2, -0.15) is 5.10 Å². The molecule has 0 amide bonds. The lowest BCUT2D eigenvalue weighted by Crippen LogP contribution is -2.28. The van der Waals surface area contributed by atoms with Crippen LogP contribution in [0, 0.1) is 12.3 Å². The highest BCUT2D eigenvalue weighted by atomic mass is 16.5. The zero-order valence-corrected chi connectivity index (χ0v) is 17.6. The number of hydrogen-bond acceptors (Lipinski definition) is 6. The van der Waals surface area contributed by atoms with Gasteiger partial charge >= 0.3 is 0 Å². The maximum Gasteiger partial charge on any atom is 0.164 e. The molecule has 160 valence electrons. The molecule has 5 rings (SSSR count). The maximum atomic E-state index is 6.25. The third-order valence-corrected chi connectivity index (χ3v) is 5.97. The lowest BCUT2D eigenvalue weighted by Gasteiger charge is -2.26. The number of terminal acetylenes is 1. The van der Waals surface area contributed by atoms with Gasteiger partial charge in [0.05, 0.1) is 11.4 Å². The molecule has 4 N–H and O–H groups in total. The second-order valence-electron chi connectivity index (χ2n) is 8.12. The van der Waals surface area contributed by atoms with E-state index in [1.807, 2.05) is 53.2 Å². The second-order valence-corrected chi connectivity index (χ2v) is 8.12. The molecule has 32 heavy (non-hydrogen) atoms. The highest BCUT2D eigenvalue weighted by Gasteiger charge is 2.25. The van der Waals surface area contributed by atoms with Gasteiger partial charge < -0.3 is 16.2 Å². The van der Waals surface area contributed by atoms with E-state index in [4.69, 9.17) is 27.7 Å². The Hall–Kier alpha value is -3.89. The molecule has 7 nitrogen and oxygen atoms in total. The Kier molecular flexibility index (Phi) is 5.21. The molecule has 7 heteroatoms. The van der Waals surface area contributed by atoms with Crippen LogP contribution in [0.5, 0.6) is 11.5 Å². The monoisotopic (exact) mass is 424 g/mol. The van der Waals surface area contributed by atoms with Gasteiger partial charge in [-0.05, 0) is 68.1 Å². The minimum Gasteiger partial charge on any atom is -0.457 e. The van der Waals surface area contributed by atoms with Crippen LogP contribution in [0.1, 0.15) is 37.3 Å². The number of aromatic nitrogens is 4. The summed E-state index contributed by atoms with van der Waals surface area (Å²) in [5.41, 5.74) is 15.6. The predicted molar refractivity (Wildman–Crippen MR) is 125 cm³/mol. The highest BCUT2D eigenvalue weighted by molar-refractivity contribution is 5.98. The third-order valence-electron chi connectivity index (χ3n) is 5.97. The zero-order chi connectivity index (χ0) is 22.1. The fourth-order valence-electron chi connectivity index (χ4n) is 4.26. The van der Waals surface area contributed by atoms with Crippen LogP contribution in [0.2, 0.25) is 0 Å². The lowest BCUT2D eigenvalue weighted by molar-refractivity contribution is 0.310. The number of nitrogens with two attached hydrogens (primary N) is 2. The largest absolute Gasteiger partial charge is 0.457 e. The van der Waals surface area contributed by atoms with Gasteiger partial charge in [0, 0.05) is 17.2 Å². The first kappa shape index (κ1) is 20.0. The first-order chi connectivity index (χ1) is 15.6. The van der Waals surface area contributed by atoms with Crippen molar-refractivity contribution in [1.82, 2.24) is 19.7 Å². The van der Waals surface area contributed by atoms with Crippen LogP contribution in [0.3, 0.4) is 0 Å². The maximum absolute atomic E-state index is 6.25. The summed E-state index contributed by atoms with van der Waals surface area (Å²) in [5.74, 6) is 4.44. The summed E-state index contributed by atoms with van der Waals surface area (Å²) in [6.45, 7) is 0. The molecule has 1 saturated carbocycles. The number of nitrogens with zero attached hydrogens (tertiary/aromatic N) is 4. The van der Waals surface area contributed by atoms with Crippen LogP contribution < -0.4 is 16.2 Å². The van der Waals surface area contributed by atoms with Crippen LogP contribution >= 0.6 is 0 Å². The van der Waals surface area contributed by atoms with E-state index in [1.165, 1.54) is 6.33 Å². The molecule has 2 heterocycles. The van der Waals surface area contributed by atoms with E-state index in [9.17, 15) is 0 Å². The van der Waals surface area contributed by atoms with Crippen molar-refractivity contribution in [3.63, 3.8) is 0 Å². The number of hydrogen-bond donors (Lipinski definition) is 2. The quantitative estimate of drug-likeness (QED) is 0.474. The summed E-state index contributed by atoms with van der Waals surface area (Å²) in [7, 11) is 0. The number of benzene rings is 2. The molecule has 1 aliphatic rings. The van der Waals surface area contributed by atoms with Gasteiger partial charge in [0.25, 0.3) is 0 Å². The Bertz CT molecular complexity index is 1300. The van der Waals surface area contributed by atoms with Gasteiger partial charge in [-0.15, -0.1) is 6.42 Å². The lowest BCUT2D eigenvalue weighted by atomic mass is 9.92. The summed E-state index contributed by atoms with van der Waals surface area (Å²) in [6, 6.07) is 15.7. The predicted octanol–water partition coefficient (Wildman–Crippen LogP) is 4.29. The average molecular weight is 425 g/mol. The van der Waals surface area contributed by atoms with E-state index in [0.29, 0.717) is 17.3 Å². The van der Waals surface area contributed by atoms with Gasteiger partial charge in [0.15, 0.2) is 5.65 Å². The molecule has 0 radical (unpaired) electrons. The van der Waals surface area contributed by atoms with Crippen molar-refractivity contribution in [1.29, 1.82) is 0 Å². The normalized spacial score (nSPS) is 18.4. The molecule has 1 aliphatic carbocycles. The Balaban J connectivity index is 1.48. The number of ether oxygens (including phenoxy) is 1. The standard InChI is InChI=1S/C25H24N6O/c1-2-16-4-3-5-21(14-16)32-20-12-6-17(7-13-20)23-22-24(27)28-15-29-25(22)31(30-23)19-10-8-18(26)9-11-19/h1,3-7,12-15,18-19H,8-11,26H2,(H2,27,28,29). The first-order valence-corrected chi connectivity index (χ1v) is 10.7. The Morgan fingerprint density at radius 1 is 1.00 bits per heavy atom. The molecule has 0 spiro atoms. The topological polar surface area (TPSA) is 105 Å². The van der Waals surface area contributed by atoms with E-state index >= 15 is 0 Å². The van der Waals surface area contributed by atoms with Crippen molar-refractivity contribution < 1.29 is 4.74 Å². The molecular weight excluding hydrogens is 400 g/mol. The molecular formula is C25H24N6O. The van der Waals surface area contributed by atoms with Gasteiger partial charge in [0.1, 0.15) is 29.3 Å². The van der Waals surface area contributed by atoms with E-state index in [2.05, 4.69) is 15.9 Å². The number of rotatable bonds is 4. The summed E-state index contributed by atoms with van der Waals surface area (Å²) >= 11 is 0. The molecule has 2 aromatic heterocycles. The Labute approximate surface area is 186 Å². The van der Waals surface area contributed by atoms with Crippen LogP contribution in [0.25, 0.3) is 22.3 Å². The van der Waals surface area contributed by atoms with E-state index in [1.54, 1.807) is 0 Å². The van der Waals surface area contributed by atoms with E-state index in [-0.39, 0.29) is 12.1 Å². The molecule has 4 aromatic rings. The van der Waals surface area contributed by atoms with Gasteiger partial charge in [-0.3, -0.25) is 0 Å². The van der Waals surface area contributed by atoms with Crippen molar-refractivity contribution >= 4 is 16.9 Å². The molecule has 0 bridgehead atoms. The molecule has 0 aliphatic heterocycles. The minimum absolute atomic E-state index is 0.256. The highest BCUT2D eigenvalue weighted by Crippen LogP contribution is 2.36. The molecule has 0 saturated heterocycles. The summed E-state index contributed by atoms with van der Waals surface area (Å²) in [5, 5.41) is 5.71. The smallest absolute Gasteiger partial charge is 0.164 e. The summed E-state index contributed by atoms with van der Waals surface area (Å²) in [6.07, 6.45) is 10.9. The summed E-state index contributed by atoms with van der Waals surface area (Å²) in [4.78, 5) is 8.72. The van der Waals surface area contributed by atoms with Gasteiger partial charge in [0.2, 0.25) is 0 Å². The molecule has 0 atom stereocenters. The second kappa shape index (κ2) is 8.33. The van der Waals surface area contributed by atoms with Crippen molar-refractivity contribution in [3.05, 3.63) is 60.4 Å². The molecule has 1 fully saturated rings.